The van der Waals surface area contributed by atoms with Crippen LogP contribution in [0.25, 0.3) is 0 Å². The number of nitrogens with one attached hydrogen (secondary N) is 2. The fraction of sp³-hybridized carbons (Fsp3) is 0.333. The summed E-state index contributed by atoms with van der Waals surface area (Å²) in [5, 5.41) is 13.0. The number of halogens is 2. The van der Waals surface area contributed by atoms with E-state index in [9.17, 15) is 18.4 Å². The van der Waals surface area contributed by atoms with Crippen molar-refractivity contribution in [2.75, 3.05) is 25.1 Å². The Labute approximate surface area is 112 Å². The second kappa shape index (κ2) is 5.41. The van der Waals surface area contributed by atoms with Gasteiger partial charge in [-0.3, -0.25) is 9.59 Å². The Kier molecular flexibility index (Phi) is 3.84. The standard InChI is InChI=1S/C12H12F2N2O4/c13-12(14,6-17)5-15-11(19)7-1-2-8-9(3-7)20-4-10(18)16-8/h1-3,17H,4-6H2,(H,15,19)(H,16,18). The fourth-order valence-electron chi connectivity index (χ4n) is 1.58. The first-order valence-corrected chi connectivity index (χ1v) is 5.75. The molecular weight excluding hydrogens is 274 g/mol. The minimum atomic E-state index is -3.37. The molecule has 3 N–H and O–H groups in total. The number of carbonyl (C=O) groups excluding carboxylic acids is 2. The molecule has 2 rings (SSSR count). The number of fused-ring (bicyclic) bond motifs is 1. The van der Waals surface area contributed by atoms with Gasteiger partial charge in [-0.15, -0.1) is 0 Å². The van der Waals surface area contributed by atoms with Crippen LogP contribution in [-0.2, 0) is 4.79 Å². The molecule has 1 aromatic rings. The number of aliphatic hydroxyl groups excluding tert-OH is 1. The maximum absolute atomic E-state index is 12.8. The number of aliphatic hydroxyl groups is 1. The summed E-state index contributed by atoms with van der Waals surface area (Å²) < 4.78 is 30.7. The van der Waals surface area contributed by atoms with E-state index in [0.717, 1.165) is 0 Å². The predicted octanol–water partition coefficient (Wildman–Crippen LogP) is 0.375. The number of anilines is 1. The molecule has 0 bridgehead atoms. The zero-order valence-corrected chi connectivity index (χ0v) is 10.3. The van der Waals surface area contributed by atoms with Gasteiger partial charge in [0.05, 0.1) is 12.2 Å². The van der Waals surface area contributed by atoms with Gasteiger partial charge in [0.25, 0.3) is 17.7 Å². The highest BCUT2D eigenvalue weighted by Crippen LogP contribution is 2.28. The van der Waals surface area contributed by atoms with Crippen LogP contribution in [0, 0.1) is 0 Å². The highest BCUT2D eigenvalue weighted by Gasteiger charge is 2.28. The molecule has 0 radical (unpaired) electrons. The van der Waals surface area contributed by atoms with E-state index < -0.39 is 25.0 Å². The zero-order valence-electron chi connectivity index (χ0n) is 10.3. The average molecular weight is 286 g/mol. The number of carbonyl (C=O) groups is 2. The molecule has 0 unspecified atom stereocenters. The first kappa shape index (κ1) is 14.2. The van der Waals surface area contributed by atoms with Crippen LogP contribution in [0.2, 0.25) is 0 Å². The van der Waals surface area contributed by atoms with Crippen molar-refractivity contribution in [2.45, 2.75) is 5.92 Å². The summed E-state index contributed by atoms with van der Waals surface area (Å²) in [5.74, 6) is -4.10. The van der Waals surface area contributed by atoms with Gasteiger partial charge in [-0.2, -0.15) is 0 Å². The summed E-state index contributed by atoms with van der Waals surface area (Å²) >= 11 is 0. The van der Waals surface area contributed by atoms with Gasteiger partial charge in [-0.05, 0) is 18.2 Å². The van der Waals surface area contributed by atoms with E-state index in [2.05, 4.69) is 5.32 Å². The van der Waals surface area contributed by atoms with E-state index in [-0.39, 0.29) is 18.1 Å². The van der Waals surface area contributed by atoms with Crippen LogP contribution < -0.4 is 15.4 Å². The van der Waals surface area contributed by atoms with E-state index in [1.54, 1.807) is 0 Å². The van der Waals surface area contributed by atoms with E-state index >= 15 is 0 Å². The van der Waals surface area contributed by atoms with Gasteiger partial charge in [0.1, 0.15) is 12.4 Å². The minimum absolute atomic E-state index is 0.119. The predicted molar refractivity (Wildman–Crippen MR) is 64.9 cm³/mol. The highest BCUT2D eigenvalue weighted by atomic mass is 19.3. The van der Waals surface area contributed by atoms with Crippen LogP contribution in [0.5, 0.6) is 5.75 Å². The highest BCUT2D eigenvalue weighted by molar-refractivity contribution is 5.98. The SMILES string of the molecule is O=C1COc2cc(C(=O)NCC(F)(F)CO)ccc2N1. The number of benzene rings is 1. The van der Waals surface area contributed by atoms with Crippen LogP contribution in [0.4, 0.5) is 14.5 Å². The molecule has 1 heterocycles. The Hall–Kier alpha value is -2.22. The first-order chi connectivity index (χ1) is 9.41. The summed E-state index contributed by atoms with van der Waals surface area (Å²) in [5.41, 5.74) is 0.534. The van der Waals surface area contributed by atoms with E-state index in [1.807, 2.05) is 5.32 Å². The molecule has 0 spiro atoms. The van der Waals surface area contributed by atoms with Crippen molar-refractivity contribution in [1.82, 2.24) is 5.32 Å². The number of rotatable bonds is 4. The van der Waals surface area contributed by atoms with Gasteiger partial charge in [-0.1, -0.05) is 0 Å². The van der Waals surface area contributed by atoms with Crippen molar-refractivity contribution in [3.8, 4) is 5.75 Å². The van der Waals surface area contributed by atoms with Crippen LogP contribution in [0.1, 0.15) is 10.4 Å². The van der Waals surface area contributed by atoms with Crippen molar-refractivity contribution >= 4 is 17.5 Å². The molecule has 0 saturated carbocycles. The molecule has 1 aliphatic rings. The minimum Gasteiger partial charge on any atom is -0.482 e. The van der Waals surface area contributed by atoms with Crippen LogP contribution in [0.15, 0.2) is 18.2 Å². The molecule has 0 saturated heterocycles. The molecule has 108 valence electrons. The second-order valence-corrected chi connectivity index (χ2v) is 4.24. The number of amides is 2. The number of alkyl halides is 2. The van der Waals surface area contributed by atoms with Gasteiger partial charge in [0.2, 0.25) is 0 Å². The number of hydrogen-bond acceptors (Lipinski definition) is 4. The Morgan fingerprint density at radius 3 is 2.95 bits per heavy atom. The van der Waals surface area contributed by atoms with E-state index in [1.165, 1.54) is 18.2 Å². The van der Waals surface area contributed by atoms with E-state index in [0.29, 0.717) is 11.4 Å². The Bertz CT molecular complexity index is 548. The smallest absolute Gasteiger partial charge is 0.287 e. The number of ether oxygens (including phenoxy) is 1. The van der Waals surface area contributed by atoms with Gasteiger partial charge >= 0.3 is 0 Å². The third kappa shape index (κ3) is 3.21. The summed E-state index contributed by atoms with van der Waals surface area (Å²) in [6, 6.07) is 4.17. The van der Waals surface area contributed by atoms with Gasteiger partial charge in [-0.25, -0.2) is 8.78 Å². The molecule has 0 aliphatic carbocycles. The molecule has 0 fully saturated rings. The largest absolute Gasteiger partial charge is 0.482 e. The summed E-state index contributed by atoms with van der Waals surface area (Å²) in [6.45, 7) is -2.47. The molecular formula is C12H12F2N2O4. The average Bonchev–Trinajstić information content (AvgIpc) is 2.44. The second-order valence-electron chi connectivity index (χ2n) is 4.24. The maximum atomic E-state index is 12.8. The van der Waals surface area contributed by atoms with Crippen molar-refractivity contribution in [1.29, 1.82) is 0 Å². The first-order valence-electron chi connectivity index (χ1n) is 5.75. The molecule has 6 nitrogen and oxygen atoms in total. The summed E-state index contributed by atoms with van der Waals surface area (Å²) in [7, 11) is 0. The van der Waals surface area contributed by atoms with Crippen LogP contribution in [-0.4, -0.2) is 42.6 Å². The van der Waals surface area contributed by atoms with Crippen LogP contribution >= 0.6 is 0 Å². The fourth-order valence-corrected chi connectivity index (χ4v) is 1.58. The van der Waals surface area contributed by atoms with Crippen molar-refractivity contribution in [3.63, 3.8) is 0 Å². The molecule has 8 heteroatoms. The molecule has 0 aromatic heterocycles. The Morgan fingerprint density at radius 2 is 2.25 bits per heavy atom. The van der Waals surface area contributed by atoms with Gasteiger partial charge in [0, 0.05) is 5.56 Å². The topological polar surface area (TPSA) is 87.7 Å². The molecule has 1 aromatic carbocycles. The van der Waals surface area contributed by atoms with E-state index in [4.69, 9.17) is 9.84 Å². The normalized spacial score (nSPS) is 14.1. The molecule has 20 heavy (non-hydrogen) atoms. The third-order valence-electron chi connectivity index (χ3n) is 2.62. The summed E-state index contributed by atoms with van der Waals surface area (Å²) in [4.78, 5) is 22.8. The summed E-state index contributed by atoms with van der Waals surface area (Å²) in [6.07, 6.45) is 0. The molecule has 1 aliphatic heterocycles. The lowest BCUT2D eigenvalue weighted by molar-refractivity contribution is -0.118. The Morgan fingerprint density at radius 1 is 1.50 bits per heavy atom. The van der Waals surface area contributed by atoms with Crippen molar-refractivity contribution in [2.24, 2.45) is 0 Å². The van der Waals surface area contributed by atoms with Gasteiger partial charge in [0.15, 0.2) is 6.61 Å². The monoisotopic (exact) mass is 286 g/mol. The van der Waals surface area contributed by atoms with Crippen LogP contribution in [0.3, 0.4) is 0 Å². The Balaban J connectivity index is 2.06. The third-order valence-corrected chi connectivity index (χ3v) is 2.62. The zero-order chi connectivity index (χ0) is 14.8. The molecule has 0 atom stereocenters. The lowest BCUT2D eigenvalue weighted by atomic mass is 10.1. The van der Waals surface area contributed by atoms with Crippen molar-refractivity contribution < 1.29 is 28.2 Å². The lowest BCUT2D eigenvalue weighted by Gasteiger charge is -2.19. The maximum Gasteiger partial charge on any atom is 0.287 e. The lowest BCUT2D eigenvalue weighted by Crippen LogP contribution is -2.39. The number of hydrogen-bond donors (Lipinski definition) is 3. The quantitative estimate of drug-likeness (QED) is 0.746. The van der Waals surface area contributed by atoms with Gasteiger partial charge < -0.3 is 20.5 Å². The molecule has 2 amide bonds. The van der Waals surface area contributed by atoms with Crippen molar-refractivity contribution in [3.05, 3.63) is 23.8 Å².